The molecule has 4 saturated heterocycles. The van der Waals surface area contributed by atoms with Gasteiger partial charge in [-0.3, -0.25) is 9.59 Å². The van der Waals surface area contributed by atoms with Crippen molar-refractivity contribution in [3.8, 4) is 0 Å². The third-order valence-electron chi connectivity index (χ3n) is 8.97. The third kappa shape index (κ3) is 8.70. The van der Waals surface area contributed by atoms with Gasteiger partial charge in [-0.15, -0.1) is 0 Å². The Kier molecular flexibility index (Phi) is 14.2. The molecular weight excluding hydrogens is 684 g/mol. The van der Waals surface area contributed by atoms with E-state index in [0.717, 1.165) is 13.8 Å². The highest BCUT2D eigenvalue weighted by Crippen LogP contribution is 2.36. The second kappa shape index (κ2) is 17.4. The van der Waals surface area contributed by atoms with Gasteiger partial charge in [0, 0.05) is 13.8 Å². The summed E-state index contributed by atoms with van der Waals surface area (Å²) in [5.74, 6) is -1.42. The lowest BCUT2D eigenvalue weighted by molar-refractivity contribution is -0.396. The van der Waals surface area contributed by atoms with Crippen molar-refractivity contribution in [2.24, 2.45) is 0 Å². The monoisotopic (exact) mass is 732 g/mol. The summed E-state index contributed by atoms with van der Waals surface area (Å²) in [5.41, 5.74) is 0. The van der Waals surface area contributed by atoms with Crippen molar-refractivity contribution in [3.63, 3.8) is 0 Å². The number of hydrogen-bond acceptors (Lipinski definition) is 20. The molecule has 0 aliphatic carbocycles. The Balaban J connectivity index is 1.77. The maximum atomic E-state index is 12.1. The van der Waals surface area contributed by atoms with Crippen LogP contribution in [-0.2, 0) is 42.7 Å². The Hall–Kier alpha value is -1.78. The number of rotatable bonds is 11. The van der Waals surface area contributed by atoms with E-state index in [-0.39, 0.29) is 0 Å². The summed E-state index contributed by atoms with van der Waals surface area (Å²) < 4.78 is 40.3. The molecule has 22 heteroatoms. The lowest BCUT2D eigenvalue weighted by Gasteiger charge is -2.51. The minimum Gasteiger partial charge on any atom is -0.394 e. The standard InChI is InChI=1S/C28H48N2O20/c1-7-15(36)20(41)21(42)27(44-7)50-24-23(49-26-13(29-8(2)34)19(40)16(37)10(4-31)46-26)18(39)12(6-33)47-28(24)48-22-14(30-9(3)35)25(43)45-11(5-32)17(22)38/h7,10-28,31-33,36-43H,4-6H2,1-3H3,(H,29,34)(H,30,35)/t7-,10+,11+,12+,13+,14+,15+,16-,17-,18-,19+,20+,21-,22+,23-,24+,25-,26-,27-,28-/m0/s1. The number of carbonyl (C=O) groups excluding carboxylic acids is 2. The number of ether oxygens (including phenoxy) is 7. The van der Waals surface area contributed by atoms with Crippen LogP contribution in [0.1, 0.15) is 20.8 Å². The maximum Gasteiger partial charge on any atom is 0.217 e. The second-order valence-corrected chi connectivity index (χ2v) is 12.6. The van der Waals surface area contributed by atoms with E-state index < -0.39 is 154 Å². The molecule has 0 radical (unpaired) electrons. The van der Waals surface area contributed by atoms with Crippen molar-refractivity contribution < 1.29 is 98.9 Å². The van der Waals surface area contributed by atoms with Crippen molar-refractivity contribution in [2.45, 2.75) is 143 Å². The fourth-order valence-corrected chi connectivity index (χ4v) is 6.26. The van der Waals surface area contributed by atoms with Crippen LogP contribution < -0.4 is 10.6 Å². The molecule has 0 aromatic carbocycles. The number of nitrogens with one attached hydrogen (secondary N) is 2. The first kappa shape index (κ1) is 41.0. The largest absolute Gasteiger partial charge is 0.394 e. The average Bonchev–Trinajstić information content (AvgIpc) is 3.07. The van der Waals surface area contributed by atoms with Gasteiger partial charge in [-0.1, -0.05) is 0 Å². The lowest BCUT2D eigenvalue weighted by atomic mass is 9.94. The van der Waals surface area contributed by atoms with Crippen molar-refractivity contribution in [1.29, 1.82) is 0 Å². The molecule has 4 aliphatic heterocycles. The van der Waals surface area contributed by atoms with Crippen LogP contribution in [0.2, 0.25) is 0 Å². The first-order chi connectivity index (χ1) is 23.5. The molecule has 13 N–H and O–H groups in total. The van der Waals surface area contributed by atoms with E-state index in [9.17, 15) is 65.8 Å². The Morgan fingerprint density at radius 1 is 0.520 bits per heavy atom. The molecule has 22 nitrogen and oxygen atoms in total. The van der Waals surface area contributed by atoms with Gasteiger partial charge >= 0.3 is 0 Å². The zero-order valence-electron chi connectivity index (χ0n) is 27.3. The van der Waals surface area contributed by atoms with Crippen LogP contribution in [0, 0.1) is 0 Å². The van der Waals surface area contributed by atoms with Crippen molar-refractivity contribution in [1.82, 2.24) is 10.6 Å². The summed E-state index contributed by atoms with van der Waals surface area (Å²) in [5, 5.41) is 120. The van der Waals surface area contributed by atoms with E-state index in [1.54, 1.807) is 0 Å². The van der Waals surface area contributed by atoms with Crippen LogP contribution >= 0.6 is 0 Å². The highest BCUT2D eigenvalue weighted by Gasteiger charge is 2.56. The molecule has 4 rings (SSSR count). The maximum absolute atomic E-state index is 12.1. The van der Waals surface area contributed by atoms with Gasteiger partial charge in [0.15, 0.2) is 25.2 Å². The smallest absolute Gasteiger partial charge is 0.217 e. The molecule has 0 unspecified atom stereocenters. The molecule has 290 valence electrons. The summed E-state index contributed by atoms with van der Waals surface area (Å²) in [6, 6.07) is -3.09. The summed E-state index contributed by atoms with van der Waals surface area (Å²) in [4.78, 5) is 24.1. The molecule has 4 aliphatic rings. The molecule has 50 heavy (non-hydrogen) atoms. The zero-order valence-corrected chi connectivity index (χ0v) is 27.3. The summed E-state index contributed by atoms with van der Waals surface area (Å²) in [7, 11) is 0. The SMILES string of the molecule is CC(=O)N[C@@H]1[C@@H](O[C@@H]2O[C@H](CO)[C@H](O)[C@H](O[C@@H]3O[C@H](CO)[C@H](O)[C@H](O)[C@H]3NC(C)=O)[C@H]2O[C@@H]2O[C@@H](C)[C@@H](O)[C@@H](O)[C@@H]2O)[C@@H](O)[C@@H](CO)O[C@@H]1O. The first-order valence-electron chi connectivity index (χ1n) is 15.9. The molecule has 0 aromatic rings. The predicted molar refractivity (Wildman–Crippen MR) is 156 cm³/mol. The Labute approximate surface area is 285 Å². The van der Waals surface area contributed by atoms with E-state index in [4.69, 9.17) is 33.2 Å². The molecule has 0 aromatic heterocycles. The molecule has 4 heterocycles. The third-order valence-corrected chi connectivity index (χ3v) is 8.97. The van der Waals surface area contributed by atoms with E-state index in [1.807, 2.05) is 0 Å². The fourth-order valence-electron chi connectivity index (χ4n) is 6.26. The lowest BCUT2D eigenvalue weighted by Crippen LogP contribution is -2.70. The molecule has 0 saturated carbocycles. The van der Waals surface area contributed by atoms with Gasteiger partial charge in [0.25, 0.3) is 0 Å². The molecule has 0 spiro atoms. The number of amides is 2. The molecule has 0 bridgehead atoms. The van der Waals surface area contributed by atoms with Crippen LogP contribution in [0.15, 0.2) is 0 Å². The summed E-state index contributed by atoms with van der Waals surface area (Å²) in [6.45, 7) is 0.914. The van der Waals surface area contributed by atoms with Gasteiger partial charge in [0.1, 0.15) is 91.4 Å². The quantitative estimate of drug-likeness (QED) is 0.0938. The van der Waals surface area contributed by atoms with Crippen LogP contribution in [0.25, 0.3) is 0 Å². The highest BCUT2D eigenvalue weighted by molar-refractivity contribution is 5.73. The zero-order chi connectivity index (χ0) is 37.2. The minimum absolute atomic E-state index is 0.707. The normalized spacial score (nSPS) is 48.5. The Morgan fingerprint density at radius 3 is 1.58 bits per heavy atom. The molecular formula is C28H48N2O20. The number of carbonyl (C=O) groups is 2. The number of hydrogen-bond donors (Lipinski definition) is 13. The average molecular weight is 733 g/mol. The highest BCUT2D eigenvalue weighted by atomic mass is 16.8. The topological polar surface area (TPSA) is 345 Å². The molecule has 4 fully saturated rings. The minimum atomic E-state index is -1.95. The number of aliphatic hydroxyl groups is 11. The van der Waals surface area contributed by atoms with Gasteiger partial charge in [-0.2, -0.15) is 0 Å². The van der Waals surface area contributed by atoms with Gasteiger partial charge < -0.3 is 100.0 Å². The molecule has 20 atom stereocenters. The van der Waals surface area contributed by atoms with Gasteiger partial charge in [0.2, 0.25) is 11.8 Å². The molecule has 2 amide bonds. The summed E-state index contributed by atoms with van der Waals surface area (Å²) >= 11 is 0. The van der Waals surface area contributed by atoms with Gasteiger partial charge in [-0.05, 0) is 6.92 Å². The van der Waals surface area contributed by atoms with Crippen molar-refractivity contribution >= 4 is 11.8 Å². The van der Waals surface area contributed by atoms with Gasteiger partial charge in [0.05, 0.1) is 25.9 Å². The van der Waals surface area contributed by atoms with E-state index in [0.29, 0.717) is 0 Å². The van der Waals surface area contributed by atoms with Gasteiger partial charge in [-0.25, -0.2) is 0 Å². The van der Waals surface area contributed by atoms with Crippen LogP contribution in [0.5, 0.6) is 0 Å². The predicted octanol–water partition coefficient (Wildman–Crippen LogP) is -8.43. The van der Waals surface area contributed by atoms with E-state index in [1.165, 1.54) is 6.92 Å². The van der Waals surface area contributed by atoms with Crippen LogP contribution in [-0.4, -0.2) is 211 Å². The van der Waals surface area contributed by atoms with E-state index >= 15 is 0 Å². The first-order valence-corrected chi connectivity index (χ1v) is 15.9. The Bertz CT molecular complexity index is 1130. The van der Waals surface area contributed by atoms with Crippen molar-refractivity contribution in [3.05, 3.63) is 0 Å². The Morgan fingerprint density at radius 2 is 1.00 bits per heavy atom. The fraction of sp³-hybridized carbons (Fsp3) is 0.929. The number of aliphatic hydroxyl groups excluding tert-OH is 11. The second-order valence-electron chi connectivity index (χ2n) is 12.6. The van der Waals surface area contributed by atoms with Crippen LogP contribution in [0.3, 0.4) is 0 Å². The van der Waals surface area contributed by atoms with E-state index in [2.05, 4.69) is 10.6 Å². The van der Waals surface area contributed by atoms with Crippen molar-refractivity contribution in [2.75, 3.05) is 19.8 Å². The van der Waals surface area contributed by atoms with Crippen LogP contribution in [0.4, 0.5) is 0 Å². The summed E-state index contributed by atoms with van der Waals surface area (Å²) in [6.07, 6.45) is -31.1.